The average Bonchev–Trinajstić information content (AvgIpc) is 2.14. The summed E-state index contributed by atoms with van der Waals surface area (Å²) in [6.45, 7) is 0. The Balaban J connectivity index is 1.97. The van der Waals surface area contributed by atoms with Gasteiger partial charge in [0, 0.05) is 0 Å². The molecule has 0 aromatic rings. The van der Waals surface area contributed by atoms with Crippen molar-refractivity contribution in [1.29, 1.82) is 0 Å². The molecule has 1 rings (SSSR count). The average molecular weight is 231 g/mol. The Morgan fingerprint density at radius 1 is 1.17 bits per heavy atom. The molecule has 0 N–H and O–H groups in total. The van der Waals surface area contributed by atoms with Crippen molar-refractivity contribution in [3.05, 3.63) is 11.1 Å². The first-order chi connectivity index (χ1) is 5.93. The third kappa shape index (κ3) is 4.30. The van der Waals surface area contributed by atoms with E-state index in [1.807, 2.05) is 4.99 Å². The first-order valence-corrected chi connectivity index (χ1v) is 6.10. The van der Waals surface area contributed by atoms with Gasteiger partial charge in [-0.1, -0.05) is 60.5 Å². The molecule has 0 atom stereocenters. The van der Waals surface area contributed by atoms with Gasteiger partial charge >= 0.3 is 0 Å². The van der Waals surface area contributed by atoms with E-state index < -0.39 is 0 Å². The molecule has 1 aliphatic carbocycles. The Hall–Kier alpha value is 0.220. The molecule has 0 unspecified atom stereocenters. The summed E-state index contributed by atoms with van der Waals surface area (Å²) < 4.78 is 0. The van der Waals surface area contributed by atoms with Gasteiger partial charge in [0.05, 0.1) is 0 Å². The number of rotatable bonds is 4. The van der Waals surface area contributed by atoms with Crippen molar-refractivity contribution in [2.75, 3.05) is 0 Å². The summed E-state index contributed by atoms with van der Waals surface area (Å²) in [4.78, 5) is 1.98. The minimum Gasteiger partial charge on any atom is -0.0776 e. The van der Waals surface area contributed by atoms with E-state index in [4.69, 9.17) is 0 Å². The predicted octanol–water partition coefficient (Wildman–Crippen LogP) is 4.65. The van der Waals surface area contributed by atoms with E-state index in [1.165, 1.54) is 51.4 Å². The number of unbranched alkanes of at least 4 members (excludes halogenated alkanes) is 1. The van der Waals surface area contributed by atoms with Gasteiger partial charge < -0.3 is 0 Å². The summed E-state index contributed by atoms with van der Waals surface area (Å²) in [5, 5.41) is 0. The molecule has 1 heteroatoms. The van der Waals surface area contributed by atoms with E-state index in [9.17, 15) is 0 Å². The highest BCUT2D eigenvalue weighted by Crippen LogP contribution is 2.27. The summed E-state index contributed by atoms with van der Waals surface area (Å²) in [5.74, 6) is 1.06. The van der Waals surface area contributed by atoms with Crippen LogP contribution in [0.4, 0.5) is 0 Å². The van der Waals surface area contributed by atoms with Crippen LogP contribution in [-0.4, -0.2) is 0 Å². The van der Waals surface area contributed by atoms with Crippen molar-refractivity contribution in [3.63, 3.8) is 0 Å². The fraction of sp³-hybridized carbons (Fsp3) is 0.818. The van der Waals surface area contributed by atoms with Gasteiger partial charge in [0.25, 0.3) is 0 Å². The molecule has 1 aliphatic rings. The minimum atomic E-state index is 1.06. The van der Waals surface area contributed by atoms with E-state index in [0.717, 1.165) is 5.92 Å². The molecule has 1 fully saturated rings. The van der Waals surface area contributed by atoms with Crippen LogP contribution in [0.25, 0.3) is 0 Å². The number of hydrogen-bond acceptors (Lipinski definition) is 0. The van der Waals surface area contributed by atoms with Crippen molar-refractivity contribution in [2.45, 2.75) is 51.4 Å². The Kier molecular flexibility index (Phi) is 5.76. The largest absolute Gasteiger partial charge is 0.0776 e. The summed E-state index contributed by atoms with van der Waals surface area (Å²) in [7, 11) is 0. The van der Waals surface area contributed by atoms with Gasteiger partial charge in [0.1, 0.15) is 0 Å². The predicted molar refractivity (Wildman–Crippen MR) is 58.5 cm³/mol. The SMILES string of the molecule is BrC=CCCCC1CCCCC1. The fourth-order valence-electron chi connectivity index (χ4n) is 2.06. The second-order valence-corrected chi connectivity index (χ2v) is 4.33. The first kappa shape index (κ1) is 10.3. The molecule has 0 nitrogen and oxygen atoms in total. The highest BCUT2D eigenvalue weighted by atomic mass is 79.9. The van der Waals surface area contributed by atoms with Crippen LogP contribution in [0.1, 0.15) is 51.4 Å². The second kappa shape index (κ2) is 6.71. The quantitative estimate of drug-likeness (QED) is 0.618. The van der Waals surface area contributed by atoms with Crippen LogP contribution in [0.2, 0.25) is 0 Å². The molecule has 0 amide bonds. The maximum atomic E-state index is 3.30. The molecule has 12 heavy (non-hydrogen) atoms. The molecular formula is C11H19Br. The molecule has 0 aliphatic heterocycles. The zero-order chi connectivity index (χ0) is 8.65. The Bertz CT molecular complexity index is 123. The molecule has 0 aromatic heterocycles. The van der Waals surface area contributed by atoms with Gasteiger partial charge in [-0.2, -0.15) is 0 Å². The maximum Gasteiger partial charge on any atom is -0.0229 e. The van der Waals surface area contributed by atoms with Crippen molar-refractivity contribution >= 4 is 15.9 Å². The third-order valence-electron chi connectivity index (χ3n) is 2.80. The summed E-state index contributed by atoms with van der Waals surface area (Å²) >= 11 is 3.30. The lowest BCUT2D eigenvalue weighted by atomic mass is 9.86. The smallest absolute Gasteiger partial charge is 0.0229 e. The number of allylic oxidation sites excluding steroid dienone is 1. The summed E-state index contributed by atoms with van der Waals surface area (Å²) in [5.41, 5.74) is 0. The molecule has 70 valence electrons. The van der Waals surface area contributed by atoms with E-state index in [-0.39, 0.29) is 0 Å². The first-order valence-electron chi connectivity index (χ1n) is 5.18. The highest BCUT2D eigenvalue weighted by molar-refractivity contribution is 9.11. The standard InChI is InChI=1S/C11H19Br/c12-10-6-2-5-9-11-7-3-1-4-8-11/h6,10-11H,1-5,7-9H2. The van der Waals surface area contributed by atoms with Gasteiger partial charge in [0.2, 0.25) is 0 Å². The summed E-state index contributed by atoms with van der Waals surface area (Å²) in [6.07, 6.45) is 13.8. The lowest BCUT2D eigenvalue weighted by Crippen LogP contribution is -2.05. The monoisotopic (exact) mass is 230 g/mol. The van der Waals surface area contributed by atoms with Crippen molar-refractivity contribution in [3.8, 4) is 0 Å². The molecule has 1 saturated carbocycles. The van der Waals surface area contributed by atoms with Crippen LogP contribution in [0, 0.1) is 5.92 Å². The van der Waals surface area contributed by atoms with Crippen molar-refractivity contribution in [2.24, 2.45) is 5.92 Å². The molecule has 0 aromatic carbocycles. The molecule has 0 spiro atoms. The molecule has 0 saturated heterocycles. The number of hydrogen-bond donors (Lipinski definition) is 0. The van der Waals surface area contributed by atoms with Gasteiger partial charge in [-0.25, -0.2) is 0 Å². The lowest BCUT2D eigenvalue weighted by molar-refractivity contribution is 0.333. The van der Waals surface area contributed by atoms with E-state index >= 15 is 0 Å². The minimum absolute atomic E-state index is 1.06. The van der Waals surface area contributed by atoms with Crippen LogP contribution in [0.3, 0.4) is 0 Å². The fourth-order valence-corrected chi connectivity index (χ4v) is 2.33. The highest BCUT2D eigenvalue weighted by Gasteiger charge is 2.11. The summed E-state index contributed by atoms with van der Waals surface area (Å²) in [6, 6.07) is 0. The maximum absolute atomic E-state index is 3.30. The zero-order valence-corrected chi connectivity index (χ0v) is 9.35. The molecule has 0 heterocycles. The van der Waals surface area contributed by atoms with Crippen LogP contribution >= 0.6 is 15.9 Å². The molecule has 0 bridgehead atoms. The Morgan fingerprint density at radius 2 is 1.92 bits per heavy atom. The Labute approximate surface area is 84.6 Å². The third-order valence-corrected chi connectivity index (χ3v) is 3.17. The van der Waals surface area contributed by atoms with Crippen LogP contribution in [0.15, 0.2) is 11.1 Å². The van der Waals surface area contributed by atoms with Gasteiger partial charge in [-0.3, -0.25) is 0 Å². The molecule has 0 radical (unpaired) electrons. The van der Waals surface area contributed by atoms with E-state index in [2.05, 4.69) is 22.0 Å². The number of halogens is 1. The topological polar surface area (TPSA) is 0 Å². The van der Waals surface area contributed by atoms with Crippen molar-refractivity contribution < 1.29 is 0 Å². The van der Waals surface area contributed by atoms with Crippen LogP contribution in [0.5, 0.6) is 0 Å². The van der Waals surface area contributed by atoms with Gasteiger partial charge in [-0.15, -0.1) is 0 Å². The van der Waals surface area contributed by atoms with Crippen molar-refractivity contribution in [1.82, 2.24) is 0 Å². The molecular weight excluding hydrogens is 212 g/mol. The van der Waals surface area contributed by atoms with Crippen LogP contribution < -0.4 is 0 Å². The zero-order valence-electron chi connectivity index (χ0n) is 7.77. The normalized spacial score (nSPS) is 20.4. The van der Waals surface area contributed by atoms with Gasteiger partial charge in [0.15, 0.2) is 0 Å². The van der Waals surface area contributed by atoms with E-state index in [0.29, 0.717) is 0 Å². The van der Waals surface area contributed by atoms with Crippen LogP contribution in [-0.2, 0) is 0 Å². The van der Waals surface area contributed by atoms with E-state index in [1.54, 1.807) is 0 Å². The Morgan fingerprint density at radius 3 is 2.58 bits per heavy atom. The second-order valence-electron chi connectivity index (χ2n) is 3.80. The lowest BCUT2D eigenvalue weighted by Gasteiger charge is -2.20. The van der Waals surface area contributed by atoms with Gasteiger partial charge in [-0.05, 0) is 23.7 Å².